The number of ether oxygens (including phenoxy) is 5. The minimum Gasteiger partial charge on any atom is -0.493 e. The number of methoxy groups -OCH3 is 5. The molecule has 0 radical (unpaired) electrons. The van der Waals surface area contributed by atoms with Crippen LogP contribution in [0.4, 0.5) is 5.69 Å². The molecule has 2 aromatic rings. The van der Waals surface area contributed by atoms with Crippen LogP contribution in [0.3, 0.4) is 0 Å². The average Bonchev–Trinajstić information content (AvgIpc) is 3.27. The zero-order valence-corrected chi connectivity index (χ0v) is 18.4. The summed E-state index contributed by atoms with van der Waals surface area (Å²) in [5.41, 5.74) is 1.81. The van der Waals surface area contributed by atoms with Crippen molar-refractivity contribution in [3.63, 3.8) is 0 Å². The summed E-state index contributed by atoms with van der Waals surface area (Å²) in [6.07, 6.45) is 1.79. The topological polar surface area (TPSA) is 89.3 Å². The zero-order chi connectivity index (χ0) is 21.8. The largest absolute Gasteiger partial charge is 0.493 e. The Labute approximate surface area is 179 Å². The van der Waals surface area contributed by atoms with Gasteiger partial charge in [-0.1, -0.05) is 0 Å². The van der Waals surface area contributed by atoms with E-state index in [2.05, 4.69) is 0 Å². The Morgan fingerprint density at radius 3 is 1.60 bits per heavy atom. The minimum absolute atomic E-state index is 0.0904. The molecule has 30 heavy (non-hydrogen) atoms. The van der Waals surface area contributed by atoms with Crippen LogP contribution in [0, 0.1) is 10.1 Å². The van der Waals surface area contributed by atoms with E-state index < -0.39 is 4.92 Å². The number of nitro groups is 1. The number of hydrogen-bond donors (Lipinski definition) is 0. The fourth-order valence-corrected chi connectivity index (χ4v) is 5.23. The van der Waals surface area contributed by atoms with Gasteiger partial charge >= 0.3 is 5.69 Å². The third kappa shape index (κ3) is 4.07. The lowest BCUT2D eigenvalue weighted by molar-refractivity contribution is -0.385. The molecule has 1 aliphatic rings. The molecule has 0 aliphatic carbocycles. The van der Waals surface area contributed by atoms with Gasteiger partial charge in [0.15, 0.2) is 17.2 Å². The van der Waals surface area contributed by atoms with Gasteiger partial charge in [0.2, 0.25) is 11.5 Å². The summed E-state index contributed by atoms with van der Waals surface area (Å²) in [7, 11) is 7.63. The summed E-state index contributed by atoms with van der Waals surface area (Å²) >= 11 is 1.75. The maximum atomic E-state index is 11.5. The van der Waals surface area contributed by atoms with Crippen LogP contribution in [0.25, 0.3) is 0 Å². The number of nitro benzene ring substituents is 1. The van der Waals surface area contributed by atoms with E-state index in [0.717, 1.165) is 24.0 Å². The quantitative estimate of drug-likeness (QED) is 0.425. The van der Waals surface area contributed by atoms with Crippen LogP contribution in [0.2, 0.25) is 0 Å². The molecule has 0 bridgehead atoms. The lowest BCUT2D eigenvalue weighted by Gasteiger charge is -2.18. The van der Waals surface area contributed by atoms with E-state index in [4.69, 9.17) is 23.7 Å². The fourth-order valence-electron chi connectivity index (χ4n) is 3.70. The minimum atomic E-state index is -0.443. The van der Waals surface area contributed by atoms with Gasteiger partial charge in [0.25, 0.3) is 0 Å². The van der Waals surface area contributed by atoms with Gasteiger partial charge in [-0.3, -0.25) is 10.1 Å². The van der Waals surface area contributed by atoms with Gasteiger partial charge in [-0.15, -0.1) is 11.8 Å². The molecule has 2 aromatic carbocycles. The van der Waals surface area contributed by atoms with Gasteiger partial charge in [-0.05, 0) is 42.2 Å². The molecule has 0 amide bonds. The average molecular weight is 435 g/mol. The zero-order valence-electron chi connectivity index (χ0n) is 17.6. The molecule has 0 spiro atoms. The summed E-state index contributed by atoms with van der Waals surface area (Å²) in [6.45, 7) is 0. The molecule has 0 unspecified atom stereocenters. The predicted octanol–water partition coefficient (Wildman–Crippen LogP) is 4.95. The van der Waals surface area contributed by atoms with Gasteiger partial charge in [0, 0.05) is 16.6 Å². The van der Waals surface area contributed by atoms with Gasteiger partial charge in [0.05, 0.1) is 40.5 Å². The highest BCUT2D eigenvalue weighted by Gasteiger charge is 2.32. The number of thioether (sulfide) groups is 1. The number of hydrogen-bond acceptors (Lipinski definition) is 8. The Morgan fingerprint density at radius 1 is 0.767 bits per heavy atom. The summed E-state index contributed by atoms with van der Waals surface area (Å²) in [4.78, 5) is 11.1. The van der Waals surface area contributed by atoms with Gasteiger partial charge in [0.1, 0.15) is 0 Å². The summed E-state index contributed by atoms with van der Waals surface area (Å²) in [6, 6.07) is 7.31. The van der Waals surface area contributed by atoms with Crippen molar-refractivity contribution >= 4 is 17.4 Å². The van der Waals surface area contributed by atoms with Crippen LogP contribution >= 0.6 is 11.8 Å². The smallest absolute Gasteiger partial charge is 0.315 e. The summed E-state index contributed by atoms with van der Waals surface area (Å²) in [5.74, 6) is 2.27. The van der Waals surface area contributed by atoms with Crippen molar-refractivity contribution < 1.29 is 28.6 Å². The van der Waals surface area contributed by atoms with Crippen LogP contribution in [0.1, 0.15) is 34.5 Å². The maximum absolute atomic E-state index is 11.5. The van der Waals surface area contributed by atoms with Crippen LogP contribution in [-0.4, -0.2) is 40.5 Å². The first-order valence-electron chi connectivity index (χ1n) is 9.33. The van der Waals surface area contributed by atoms with Gasteiger partial charge in [-0.25, -0.2) is 0 Å². The number of nitrogens with zero attached hydrogens (tertiary/aromatic N) is 1. The summed E-state index contributed by atoms with van der Waals surface area (Å²) < 4.78 is 26.9. The molecule has 0 aromatic heterocycles. The van der Waals surface area contributed by atoms with E-state index in [1.807, 2.05) is 18.2 Å². The normalized spacial score (nSPS) is 18.0. The van der Waals surface area contributed by atoms with E-state index in [9.17, 15) is 10.1 Å². The third-order valence-corrected chi connectivity index (χ3v) is 6.80. The van der Waals surface area contributed by atoms with Crippen LogP contribution < -0.4 is 23.7 Å². The van der Waals surface area contributed by atoms with E-state index in [-0.39, 0.29) is 21.9 Å². The van der Waals surface area contributed by atoms with Crippen molar-refractivity contribution in [3.05, 3.63) is 45.5 Å². The second-order valence-corrected chi connectivity index (χ2v) is 8.09. The number of rotatable bonds is 8. The molecule has 2 atom stereocenters. The maximum Gasteiger partial charge on any atom is 0.315 e. The second kappa shape index (κ2) is 9.34. The molecule has 1 fully saturated rings. The monoisotopic (exact) mass is 435 g/mol. The van der Waals surface area contributed by atoms with Crippen molar-refractivity contribution in [1.29, 1.82) is 0 Å². The summed E-state index contributed by atoms with van der Waals surface area (Å²) in [5, 5.41) is 11.8. The highest BCUT2D eigenvalue weighted by Crippen LogP contribution is 2.56. The first-order chi connectivity index (χ1) is 14.5. The Balaban J connectivity index is 1.92. The Bertz CT molecular complexity index is 909. The number of benzene rings is 2. The van der Waals surface area contributed by atoms with Crippen molar-refractivity contribution in [2.45, 2.75) is 23.3 Å². The van der Waals surface area contributed by atoms with Gasteiger partial charge in [-0.2, -0.15) is 0 Å². The van der Waals surface area contributed by atoms with E-state index in [1.54, 1.807) is 39.2 Å². The molecular formula is C21H25NO7S. The predicted molar refractivity (Wildman–Crippen MR) is 115 cm³/mol. The van der Waals surface area contributed by atoms with Crippen LogP contribution in [0.5, 0.6) is 28.7 Å². The SMILES string of the molecule is COc1cc([C@@H]2CC[C@@H](c3cc(OC)c(OC)c([N+](=O)[O-])c3)S2)cc(OC)c1OC. The van der Waals surface area contributed by atoms with Crippen molar-refractivity contribution in [2.75, 3.05) is 35.5 Å². The van der Waals surface area contributed by atoms with Crippen molar-refractivity contribution in [1.82, 2.24) is 0 Å². The molecule has 162 valence electrons. The molecule has 8 nitrogen and oxygen atoms in total. The van der Waals surface area contributed by atoms with Crippen LogP contribution in [-0.2, 0) is 0 Å². The first-order valence-corrected chi connectivity index (χ1v) is 10.3. The van der Waals surface area contributed by atoms with Crippen LogP contribution in [0.15, 0.2) is 24.3 Å². The lowest BCUT2D eigenvalue weighted by atomic mass is 10.0. The molecule has 0 saturated carbocycles. The molecule has 1 saturated heterocycles. The van der Waals surface area contributed by atoms with E-state index in [1.165, 1.54) is 14.2 Å². The van der Waals surface area contributed by atoms with Crippen molar-refractivity contribution in [2.24, 2.45) is 0 Å². The second-order valence-electron chi connectivity index (χ2n) is 6.68. The molecular weight excluding hydrogens is 410 g/mol. The lowest BCUT2D eigenvalue weighted by Crippen LogP contribution is -2.00. The van der Waals surface area contributed by atoms with Crippen molar-refractivity contribution in [3.8, 4) is 28.7 Å². The Morgan fingerprint density at radius 2 is 1.20 bits per heavy atom. The molecule has 1 aliphatic heterocycles. The highest BCUT2D eigenvalue weighted by molar-refractivity contribution is 8.00. The van der Waals surface area contributed by atoms with E-state index in [0.29, 0.717) is 23.0 Å². The van der Waals surface area contributed by atoms with E-state index >= 15 is 0 Å². The van der Waals surface area contributed by atoms with Gasteiger partial charge < -0.3 is 23.7 Å². The molecule has 1 heterocycles. The molecule has 3 rings (SSSR count). The fraction of sp³-hybridized carbons (Fsp3) is 0.429. The Hall–Kier alpha value is -2.81. The first kappa shape index (κ1) is 21.9. The highest BCUT2D eigenvalue weighted by atomic mass is 32.2. The molecule has 9 heteroatoms. The Kier molecular flexibility index (Phi) is 6.81. The molecule has 0 N–H and O–H groups in total. The standard InChI is InChI=1S/C21H25NO7S/c1-25-15-9-12(8-14(22(23)24)20(15)28-4)18-6-7-19(30-18)13-10-16(26-2)21(29-5)17(11-13)27-3/h8-11,18-19H,6-7H2,1-5H3/t18-,19-/m0/s1. The third-order valence-electron chi connectivity index (χ3n) is 5.13.